The lowest BCUT2D eigenvalue weighted by atomic mass is 10.1. The molecule has 0 spiro atoms. The number of carbonyl (C=O) groups is 2. The van der Waals surface area contributed by atoms with E-state index in [4.69, 9.17) is 16.3 Å². The van der Waals surface area contributed by atoms with Crippen molar-refractivity contribution in [3.05, 3.63) is 70.3 Å². The molecule has 0 saturated carbocycles. The van der Waals surface area contributed by atoms with Crippen LogP contribution in [0.1, 0.15) is 29.8 Å². The maximum absolute atomic E-state index is 12.6. The van der Waals surface area contributed by atoms with Crippen LogP contribution in [-0.4, -0.2) is 42.5 Å². The minimum Gasteiger partial charge on any atom is -0.375 e. The van der Waals surface area contributed by atoms with E-state index in [9.17, 15) is 9.59 Å². The summed E-state index contributed by atoms with van der Waals surface area (Å²) >= 11 is 5.88. The van der Waals surface area contributed by atoms with E-state index in [1.54, 1.807) is 54.3 Å². The van der Waals surface area contributed by atoms with Gasteiger partial charge in [-0.15, -0.1) is 0 Å². The molecule has 5 nitrogen and oxygen atoms in total. The minimum absolute atomic E-state index is 0.0214. The summed E-state index contributed by atoms with van der Waals surface area (Å²) in [7, 11) is 0. The average Bonchev–Trinajstić information content (AvgIpc) is 2.69. The number of morpholine rings is 1. The molecule has 0 aromatic heterocycles. The van der Waals surface area contributed by atoms with E-state index in [0.29, 0.717) is 41.5 Å². The van der Waals surface area contributed by atoms with Crippen LogP contribution in [0.2, 0.25) is 5.02 Å². The number of nitrogens with one attached hydrogen (secondary N) is 1. The molecule has 1 N–H and O–H groups in total. The molecule has 2 aromatic carbocycles. The quantitative estimate of drug-likeness (QED) is 0.783. The predicted octanol–water partition coefficient (Wildman–Crippen LogP) is 4.24. The van der Waals surface area contributed by atoms with Crippen LogP contribution in [0.5, 0.6) is 0 Å². The zero-order chi connectivity index (χ0) is 20.1. The molecule has 28 heavy (non-hydrogen) atoms. The molecule has 6 heteroatoms. The van der Waals surface area contributed by atoms with Gasteiger partial charge in [-0.3, -0.25) is 9.59 Å². The molecule has 146 valence electrons. The van der Waals surface area contributed by atoms with Crippen molar-refractivity contribution in [2.24, 2.45) is 0 Å². The zero-order valence-electron chi connectivity index (χ0n) is 15.9. The van der Waals surface area contributed by atoms with Gasteiger partial charge in [-0.2, -0.15) is 0 Å². The van der Waals surface area contributed by atoms with Gasteiger partial charge in [0.15, 0.2) is 0 Å². The molecule has 3 rings (SSSR count). The summed E-state index contributed by atoms with van der Waals surface area (Å²) in [5.74, 6) is -0.220. The van der Waals surface area contributed by atoms with E-state index in [-0.39, 0.29) is 17.9 Å². The highest BCUT2D eigenvalue weighted by Gasteiger charge is 2.22. The standard InChI is InChI=1S/C22H23ClN2O3/c1-15(13-17-3-7-19(23)8-4-17)21(26)24-20-9-5-18(6-10-20)22(27)25-11-12-28-16(2)14-25/h3-10,13,16H,11-12,14H2,1-2H3,(H,24,26)/b15-13+. The monoisotopic (exact) mass is 398 g/mol. The van der Waals surface area contributed by atoms with E-state index < -0.39 is 0 Å². The highest BCUT2D eigenvalue weighted by molar-refractivity contribution is 6.30. The van der Waals surface area contributed by atoms with Crippen LogP contribution in [0.25, 0.3) is 6.08 Å². The maximum atomic E-state index is 12.6. The number of benzene rings is 2. The first-order chi connectivity index (χ1) is 13.4. The Morgan fingerprint density at radius 1 is 1.14 bits per heavy atom. The number of hydrogen-bond donors (Lipinski definition) is 1. The van der Waals surface area contributed by atoms with Crippen molar-refractivity contribution in [1.82, 2.24) is 4.90 Å². The SMILES string of the molecule is C/C(=C\c1ccc(Cl)cc1)C(=O)Nc1ccc(C(=O)N2CCOC(C)C2)cc1. The molecular formula is C22H23ClN2O3. The van der Waals surface area contributed by atoms with Crippen molar-refractivity contribution in [2.45, 2.75) is 20.0 Å². The van der Waals surface area contributed by atoms with Gasteiger partial charge in [0.25, 0.3) is 11.8 Å². The van der Waals surface area contributed by atoms with E-state index in [2.05, 4.69) is 5.32 Å². The van der Waals surface area contributed by atoms with Crippen LogP contribution in [0.15, 0.2) is 54.1 Å². The Bertz CT molecular complexity index is 876. The van der Waals surface area contributed by atoms with Crippen molar-refractivity contribution >= 4 is 35.2 Å². The minimum atomic E-state index is -0.198. The molecule has 1 aliphatic heterocycles. The first kappa shape index (κ1) is 20.1. The second-order valence-electron chi connectivity index (χ2n) is 6.84. The highest BCUT2D eigenvalue weighted by Crippen LogP contribution is 2.16. The van der Waals surface area contributed by atoms with Gasteiger partial charge in [-0.05, 0) is 61.9 Å². The first-order valence-electron chi connectivity index (χ1n) is 9.18. The van der Waals surface area contributed by atoms with E-state index in [1.165, 1.54) is 0 Å². The van der Waals surface area contributed by atoms with Gasteiger partial charge in [0.05, 0.1) is 12.7 Å². The van der Waals surface area contributed by atoms with Gasteiger partial charge in [0, 0.05) is 34.9 Å². The second kappa shape index (κ2) is 9.04. The topological polar surface area (TPSA) is 58.6 Å². The number of rotatable bonds is 4. The number of anilines is 1. The fourth-order valence-corrected chi connectivity index (χ4v) is 3.11. The summed E-state index contributed by atoms with van der Waals surface area (Å²) in [5, 5.41) is 3.50. The van der Waals surface area contributed by atoms with Crippen molar-refractivity contribution < 1.29 is 14.3 Å². The lowest BCUT2D eigenvalue weighted by molar-refractivity contribution is -0.112. The third-order valence-corrected chi connectivity index (χ3v) is 4.78. The zero-order valence-corrected chi connectivity index (χ0v) is 16.7. The molecule has 0 radical (unpaired) electrons. The number of ether oxygens (including phenoxy) is 1. The van der Waals surface area contributed by atoms with Crippen LogP contribution in [-0.2, 0) is 9.53 Å². The highest BCUT2D eigenvalue weighted by atomic mass is 35.5. The summed E-state index contributed by atoms with van der Waals surface area (Å²) in [6.45, 7) is 5.45. The largest absolute Gasteiger partial charge is 0.375 e. The van der Waals surface area contributed by atoms with E-state index in [0.717, 1.165) is 5.56 Å². The van der Waals surface area contributed by atoms with Crippen molar-refractivity contribution in [3.8, 4) is 0 Å². The third-order valence-electron chi connectivity index (χ3n) is 4.53. The summed E-state index contributed by atoms with van der Waals surface area (Å²) < 4.78 is 5.47. The van der Waals surface area contributed by atoms with Gasteiger partial charge in [-0.25, -0.2) is 0 Å². The summed E-state index contributed by atoms with van der Waals surface area (Å²) in [6.07, 6.45) is 1.84. The fourth-order valence-electron chi connectivity index (χ4n) is 2.99. The molecule has 1 heterocycles. The van der Waals surface area contributed by atoms with Gasteiger partial charge < -0.3 is 15.0 Å². The molecule has 2 amide bonds. The van der Waals surface area contributed by atoms with Crippen molar-refractivity contribution in [2.75, 3.05) is 25.0 Å². The fraction of sp³-hybridized carbons (Fsp3) is 0.273. The molecule has 1 aliphatic rings. The Labute approximate surface area is 169 Å². The molecule has 2 aromatic rings. The van der Waals surface area contributed by atoms with Crippen LogP contribution in [0.3, 0.4) is 0 Å². The summed E-state index contributed by atoms with van der Waals surface area (Å²) in [6, 6.07) is 14.2. The Morgan fingerprint density at radius 3 is 2.46 bits per heavy atom. The number of hydrogen-bond acceptors (Lipinski definition) is 3. The Morgan fingerprint density at radius 2 is 1.82 bits per heavy atom. The lowest BCUT2D eigenvalue weighted by Gasteiger charge is -2.31. The van der Waals surface area contributed by atoms with Crippen LogP contribution in [0, 0.1) is 0 Å². The molecule has 1 saturated heterocycles. The van der Waals surface area contributed by atoms with Crippen LogP contribution < -0.4 is 5.32 Å². The maximum Gasteiger partial charge on any atom is 0.254 e. The van der Waals surface area contributed by atoms with Gasteiger partial charge in [0.2, 0.25) is 0 Å². The summed E-state index contributed by atoms with van der Waals surface area (Å²) in [4.78, 5) is 26.8. The number of amides is 2. The average molecular weight is 399 g/mol. The molecular weight excluding hydrogens is 376 g/mol. The Kier molecular flexibility index (Phi) is 6.49. The molecule has 1 unspecified atom stereocenters. The second-order valence-corrected chi connectivity index (χ2v) is 7.28. The first-order valence-corrected chi connectivity index (χ1v) is 9.56. The molecule has 1 atom stereocenters. The van der Waals surface area contributed by atoms with E-state index >= 15 is 0 Å². The van der Waals surface area contributed by atoms with Crippen molar-refractivity contribution in [1.29, 1.82) is 0 Å². The molecule has 0 bridgehead atoms. The smallest absolute Gasteiger partial charge is 0.254 e. The number of halogens is 1. The normalized spacial score (nSPS) is 17.3. The van der Waals surface area contributed by atoms with Crippen molar-refractivity contribution in [3.63, 3.8) is 0 Å². The third kappa shape index (κ3) is 5.21. The Balaban J connectivity index is 1.62. The van der Waals surface area contributed by atoms with Gasteiger partial charge >= 0.3 is 0 Å². The van der Waals surface area contributed by atoms with Gasteiger partial charge in [0.1, 0.15) is 0 Å². The van der Waals surface area contributed by atoms with E-state index in [1.807, 2.05) is 19.1 Å². The number of nitrogens with zero attached hydrogens (tertiary/aromatic N) is 1. The van der Waals surface area contributed by atoms with Crippen LogP contribution in [0.4, 0.5) is 5.69 Å². The number of carbonyl (C=O) groups excluding carboxylic acids is 2. The van der Waals surface area contributed by atoms with Crippen LogP contribution >= 0.6 is 11.6 Å². The Hall–Kier alpha value is -2.63. The predicted molar refractivity (Wildman–Crippen MR) is 111 cm³/mol. The molecule has 1 fully saturated rings. The van der Waals surface area contributed by atoms with Gasteiger partial charge in [-0.1, -0.05) is 23.7 Å². The molecule has 0 aliphatic carbocycles. The summed E-state index contributed by atoms with van der Waals surface area (Å²) in [5.41, 5.74) is 2.71. The lowest BCUT2D eigenvalue weighted by Crippen LogP contribution is -2.44.